The van der Waals surface area contributed by atoms with Gasteiger partial charge in [0.2, 0.25) is 0 Å². The number of piperazine rings is 1. The normalized spacial score (nSPS) is 23.0. The van der Waals surface area contributed by atoms with Crippen LogP contribution in [-0.4, -0.2) is 86.8 Å². The predicted octanol–water partition coefficient (Wildman–Crippen LogP) is 2.80. The van der Waals surface area contributed by atoms with E-state index in [0.717, 1.165) is 44.7 Å². The summed E-state index contributed by atoms with van der Waals surface area (Å²) in [6.45, 7) is 14.5. The Kier molecular flexibility index (Phi) is 7.08. The number of nitrogens with zero attached hydrogens (tertiary/aromatic N) is 5. The molecular formula is C24H39N5O. The van der Waals surface area contributed by atoms with Crippen molar-refractivity contribution in [2.45, 2.75) is 71.2 Å². The van der Waals surface area contributed by atoms with Gasteiger partial charge in [0.15, 0.2) is 0 Å². The summed E-state index contributed by atoms with van der Waals surface area (Å²) in [6.07, 6.45) is 3.38. The third-order valence-corrected chi connectivity index (χ3v) is 7.19. The van der Waals surface area contributed by atoms with Crippen LogP contribution in [0.15, 0.2) is 24.3 Å². The topological polar surface area (TPSA) is 47.8 Å². The lowest BCUT2D eigenvalue weighted by Gasteiger charge is -2.48. The number of piperidine rings is 1. The number of hydrogen-bond donors (Lipinski definition) is 1. The molecule has 0 amide bonds. The van der Waals surface area contributed by atoms with Crippen molar-refractivity contribution in [2.24, 2.45) is 0 Å². The van der Waals surface area contributed by atoms with Gasteiger partial charge in [-0.2, -0.15) is 0 Å². The first-order chi connectivity index (χ1) is 14.6. The smallest absolute Gasteiger partial charge is 0.124 e. The number of aliphatic hydroxyl groups is 1. The van der Waals surface area contributed by atoms with Crippen molar-refractivity contribution in [1.29, 1.82) is 0 Å². The van der Waals surface area contributed by atoms with E-state index in [2.05, 4.69) is 64.3 Å². The molecule has 30 heavy (non-hydrogen) atoms. The van der Waals surface area contributed by atoms with Crippen LogP contribution in [0.4, 0.5) is 0 Å². The molecule has 2 aliphatic rings. The molecule has 4 rings (SSSR count). The summed E-state index contributed by atoms with van der Waals surface area (Å²) in [7, 11) is 0. The zero-order valence-corrected chi connectivity index (χ0v) is 19.0. The molecule has 0 unspecified atom stereocenters. The van der Waals surface area contributed by atoms with Gasteiger partial charge in [-0.1, -0.05) is 12.1 Å². The van der Waals surface area contributed by atoms with Gasteiger partial charge in [0, 0.05) is 50.9 Å². The van der Waals surface area contributed by atoms with E-state index in [-0.39, 0.29) is 6.61 Å². The Morgan fingerprint density at radius 3 is 2.57 bits per heavy atom. The van der Waals surface area contributed by atoms with Crippen LogP contribution in [0.25, 0.3) is 11.0 Å². The van der Waals surface area contributed by atoms with Gasteiger partial charge in [-0.25, -0.2) is 4.98 Å². The molecule has 1 aromatic carbocycles. The Morgan fingerprint density at radius 2 is 1.87 bits per heavy atom. The molecule has 0 spiro atoms. The average Bonchev–Trinajstić information content (AvgIpc) is 3.11. The maximum atomic E-state index is 9.73. The summed E-state index contributed by atoms with van der Waals surface area (Å²) >= 11 is 0. The van der Waals surface area contributed by atoms with Gasteiger partial charge < -0.3 is 14.6 Å². The molecular weight excluding hydrogens is 374 g/mol. The van der Waals surface area contributed by atoms with Crippen LogP contribution in [0.2, 0.25) is 0 Å². The van der Waals surface area contributed by atoms with Gasteiger partial charge in [0.05, 0.1) is 17.6 Å². The molecule has 1 aromatic heterocycles. The number of fused-ring (bicyclic) bond motifs is 1. The SMILES string of the molecule is CCn1c(CN2CCN(C3CCN(C(C)C)CC3)[C@H](CCO)C2)nc2ccccc21. The lowest BCUT2D eigenvalue weighted by atomic mass is 9.97. The minimum atomic E-state index is 0.271. The van der Waals surface area contributed by atoms with Crippen LogP contribution < -0.4 is 0 Å². The van der Waals surface area contributed by atoms with E-state index in [9.17, 15) is 5.11 Å². The van der Waals surface area contributed by atoms with E-state index >= 15 is 0 Å². The molecule has 1 atom stereocenters. The number of likely N-dealkylation sites (tertiary alicyclic amines) is 1. The van der Waals surface area contributed by atoms with Crippen molar-refractivity contribution >= 4 is 11.0 Å². The first-order valence-corrected chi connectivity index (χ1v) is 11.9. The monoisotopic (exact) mass is 413 g/mol. The second-order valence-corrected chi connectivity index (χ2v) is 9.26. The number of hydrogen-bond acceptors (Lipinski definition) is 5. The average molecular weight is 414 g/mol. The predicted molar refractivity (Wildman–Crippen MR) is 123 cm³/mol. The molecule has 2 fully saturated rings. The van der Waals surface area contributed by atoms with Gasteiger partial charge in [-0.15, -0.1) is 0 Å². The van der Waals surface area contributed by atoms with E-state index in [0.29, 0.717) is 18.1 Å². The fourth-order valence-electron chi connectivity index (χ4n) is 5.50. The van der Waals surface area contributed by atoms with Crippen molar-refractivity contribution in [1.82, 2.24) is 24.3 Å². The summed E-state index contributed by atoms with van der Waals surface area (Å²) in [6, 6.07) is 10.2. The zero-order chi connectivity index (χ0) is 21.1. The van der Waals surface area contributed by atoms with E-state index in [1.54, 1.807) is 0 Å². The van der Waals surface area contributed by atoms with Gasteiger partial charge in [-0.3, -0.25) is 9.80 Å². The van der Waals surface area contributed by atoms with Crippen molar-refractivity contribution in [2.75, 3.05) is 39.3 Å². The highest BCUT2D eigenvalue weighted by molar-refractivity contribution is 5.75. The highest BCUT2D eigenvalue weighted by Gasteiger charge is 2.34. The highest BCUT2D eigenvalue weighted by atomic mass is 16.3. The molecule has 6 heteroatoms. The number of aromatic nitrogens is 2. The Hall–Kier alpha value is -1.47. The summed E-state index contributed by atoms with van der Waals surface area (Å²) in [5.41, 5.74) is 2.33. The second kappa shape index (κ2) is 9.77. The number of para-hydroxylation sites is 2. The molecule has 0 radical (unpaired) electrons. The van der Waals surface area contributed by atoms with E-state index in [1.165, 1.54) is 37.3 Å². The molecule has 2 saturated heterocycles. The molecule has 2 aliphatic heterocycles. The van der Waals surface area contributed by atoms with Gasteiger partial charge in [0.1, 0.15) is 5.82 Å². The number of rotatable bonds is 7. The number of aryl methyl sites for hydroxylation is 1. The lowest BCUT2D eigenvalue weighted by molar-refractivity contribution is -0.000886. The maximum Gasteiger partial charge on any atom is 0.124 e. The Labute approximate surface area is 181 Å². The van der Waals surface area contributed by atoms with Crippen LogP contribution in [0.1, 0.15) is 45.9 Å². The Bertz CT molecular complexity index is 811. The quantitative estimate of drug-likeness (QED) is 0.756. The molecule has 0 bridgehead atoms. The molecule has 2 aromatic rings. The molecule has 3 heterocycles. The van der Waals surface area contributed by atoms with E-state index < -0.39 is 0 Å². The van der Waals surface area contributed by atoms with Crippen molar-refractivity contribution in [3.05, 3.63) is 30.1 Å². The maximum absolute atomic E-state index is 9.73. The van der Waals surface area contributed by atoms with Crippen molar-refractivity contribution in [3.8, 4) is 0 Å². The molecule has 166 valence electrons. The van der Waals surface area contributed by atoms with Crippen molar-refractivity contribution in [3.63, 3.8) is 0 Å². The fraction of sp³-hybridized carbons (Fsp3) is 0.708. The Morgan fingerprint density at radius 1 is 1.10 bits per heavy atom. The van der Waals surface area contributed by atoms with Crippen LogP contribution in [0, 0.1) is 0 Å². The van der Waals surface area contributed by atoms with Gasteiger partial charge in [-0.05, 0) is 65.3 Å². The van der Waals surface area contributed by atoms with E-state index in [1.807, 2.05) is 0 Å². The van der Waals surface area contributed by atoms with Gasteiger partial charge in [0.25, 0.3) is 0 Å². The number of benzene rings is 1. The Balaban J connectivity index is 1.42. The third kappa shape index (κ3) is 4.57. The summed E-state index contributed by atoms with van der Waals surface area (Å²) in [5.74, 6) is 1.17. The molecule has 1 N–H and O–H groups in total. The zero-order valence-electron chi connectivity index (χ0n) is 19.0. The third-order valence-electron chi connectivity index (χ3n) is 7.19. The minimum Gasteiger partial charge on any atom is -0.396 e. The van der Waals surface area contributed by atoms with Crippen LogP contribution in [0.5, 0.6) is 0 Å². The highest BCUT2D eigenvalue weighted by Crippen LogP contribution is 2.25. The first kappa shape index (κ1) is 21.8. The summed E-state index contributed by atoms with van der Waals surface area (Å²) < 4.78 is 2.35. The van der Waals surface area contributed by atoms with Crippen LogP contribution >= 0.6 is 0 Å². The number of aliphatic hydroxyl groups excluding tert-OH is 1. The van der Waals surface area contributed by atoms with E-state index in [4.69, 9.17) is 4.98 Å². The summed E-state index contributed by atoms with van der Waals surface area (Å²) in [4.78, 5) is 12.8. The standard InChI is InChI=1S/C24H39N5O/c1-4-28-23-8-6-5-7-22(23)25-24(28)18-26-14-15-29(21(17-26)11-16-30)20-9-12-27(13-10-20)19(2)3/h5-8,19-21,30H,4,9-18H2,1-3H3/t21-/m1/s1. The van der Waals surface area contributed by atoms with Crippen LogP contribution in [0.3, 0.4) is 0 Å². The number of imidazole rings is 1. The van der Waals surface area contributed by atoms with Crippen LogP contribution in [-0.2, 0) is 13.1 Å². The lowest BCUT2D eigenvalue weighted by Crippen LogP contribution is -2.58. The van der Waals surface area contributed by atoms with Crippen molar-refractivity contribution < 1.29 is 5.11 Å². The molecule has 0 saturated carbocycles. The van der Waals surface area contributed by atoms with Gasteiger partial charge >= 0.3 is 0 Å². The second-order valence-electron chi connectivity index (χ2n) is 9.26. The molecule has 6 nitrogen and oxygen atoms in total. The fourth-order valence-corrected chi connectivity index (χ4v) is 5.50. The molecule has 0 aliphatic carbocycles. The largest absolute Gasteiger partial charge is 0.396 e. The first-order valence-electron chi connectivity index (χ1n) is 11.9. The summed E-state index contributed by atoms with van der Waals surface area (Å²) in [5, 5.41) is 9.73. The minimum absolute atomic E-state index is 0.271.